The van der Waals surface area contributed by atoms with E-state index in [9.17, 15) is 14.4 Å². The van der Waals surface area contributed by atoms with Gasteiger partial charge in [-0.25, -0.2) is 4.79 Å². The van der Waals surface area contributed by atoms with Crippen LogP contribution in [0.3, 0.4) is 0 Å². The number of ether oxygens (including phenoxy) is 1. The summed E-state index contributed by atoms with van der Waals surface area (Å²) in [6, 6.07) is 27.0. The molecule has 2 atom stereocenters. The second-order valence-electron chi connectivity index (χ2n) is 15.4. The molecule has 3 heterocycles. The number of nitrogens with zero attached hydrogens (tertiary/aromatic N) is 3. The van der Waals surface area contributed by atoms with Crippen LogP contribution in [-0.4, -0.2) is 90.0 Å². The van der Waals surface area contributed by atoms with Crippen LogP contribution >= 0.6 is 11.3 Å². The monoisotopic (exact) mass is 750 g/mol. The van der Waals surface area contributed by atoms with Gasteiger partial charge >= 0.3 is 6.09 Å². The summed E-state index contributed by atoms with van der Waals surface area (Å²) in [5, 5.41) is 10.6. The molecule has 1 spiro atoms. The molecule has 0 radical (unpaired) electrons. The average molecular weight is 751 g/mol. The van der Waals surface area contributed by atoms with Crippen molar-refractivity contribution < 1.29 is 19.1 Å². The van der Waals surface area contributed by atoms with Gasteiger partial charge in [0, 0.05) is 42.5 Å². The van der Waals surface area contributed by atoms with Crippen LogP contribution < -0.4 is 21.1 Å². The minimum Gasteiger partial charge on any atom is -0.410 e. The van der Waals surface area contributed by atoms with E-state index in [-0.39, 0.29) is 37.5 Å². The SMILES string of the molecule is NCCCC[C@@H](NC1CCC2(CC1)CCN(Cc1ccccc1)C2)C(=O)N1CCN(C(=O)Oc2cccc3ccccc23)C[C@H]1C(=O)NCc1cccs1. The van der Waals surface area contributed by atoms with E-state index in [1.807, 2.05) is 53.9 Å². The normalized spacial score (nSPS) is 22.4. The lowest BCUT2D eigenvalue weighted by Gasteiger charge is -2.43. The van der Waals surface area contributed by atoms with E-state index < -0.39 is 18.2 Å². The van der Waals surface area contributed by atoms with E-state index in [1.54, 1.807) is 27.2 Å². The Kier molecular flexibility index (Phi) is 12.6. The number of fused-ring (bicyclic) bond motifs is 1. The van der Waals surface area contributed by atoms with Gasteiger partial charge in [-0.05, 0) is 91.9 Å². The Morgan fingerprint density at radius 2 is 1.69 bits per heavy atom. The molecule has 4 aromatic rings. The topological polar surface area (TPSA) is 120 Å². The molecule has 2 aliphatic heterocycles. The van der Waals surface area contributed by atoms with Crippen LogP contribution in [0, 0.1) is 5.41 Å². The summed E-state index contributed by atoms with van der Waals surface area (Å²) in [5.74, 6) is 0.108. The fourth-order valence-electron chi connectivity index (χ4n) is 8.65. The zero-order valence-corrected chi connectivity index (χ0v) is 32.0. The van der Waals surface area contributed by atoms with Crippen LogP contribution in [0.1, 0.15) is 61.8 Å². The molecule has 10 nitrogen and oxygen atoms in total. The Morgan fingerprint density at radius 1 is 0.889 bits per heavy atom. The third-order valence-corrected chi connectivity index (χ3v) is 12.6. The second-order valence-corrected chi connectivity index (χ2v) is 16.4. The number of amides is 3. The van der Waals surface area contributed by atoms with Gasteiger partial charge in [0.15, 0.2) is 0 Å². The first-order valence-corrected chi connectivity index (χ1v) is 20.6. The highest BCUT2D eigenvalue weighted by Gasteiger charge is 2.43. The number of nitrogens with one attached hydrogen (secondary N) is 2. The van der Waals surface area contributed by atoms with Crippen molar-refractivity contribution in [3.05, 3.63) is 101 Å². The lowest BCUT2D eigenvalue weighted by Crippen LogP contribution is -2.64. The molecule has 54 heavy (non-hydrogen) atoms. The molecule has 7 rings (SSSR count). The number of benzene rings is 3. The fraction of sp³-hybridized carbons (Fsp3) is 0.465. The quantitative estimate of drug-likeness (QED) is 0.140. The summed E-state index contributed by atoms with van der Waals surface area (Å²) in [4.78, 5) is 49.1. The van der Waals surface area contributed by atoms with Crippen molar-refractivity contribution in [3.8, 4) is 5.75 Å². The van der Waals surface area contributed by atoms with Crippen LogP contribution in [0.5, 0.6) is 5.75 Å². The highest BCUT2D eigenvalue weighted by atomic mass is 32.1. The lowest BCUT2D eigenvalue weighted by molar-refractivity contribution is -0.145. The van der Waals surface area contributed by atoms with Gasteiger partial charge in [0.05, 0.1) is 19.1 Å². The van der Waals surface area contributed by atoms with E-state index in [0.717, 1.165) is 73.8 Å². The van der Waals surface area contributed by atoms with Crippen LogP contribution in [0.25, 0.3) is 10.8 Å². The highest BCUT2D eigenvalue weighted by molar-refractivity contribution is 7.09. The Hall–Kier alpha value is -4.29. The summed E-state index contributed by atoms with van der Waals surface area (Å²) in [6.07, 6.45) is 7.33. The largest absolute Gasteiger partial charge is 0.415 e. The van der Waals surface area contributed by atoms with Gasteiger partial charge < -0.3 is 30.9 Å². The number of nitrogens with two attached hydrogens (primary N) is 1. The molecule has 2 saturated heterocycles. The zero-order chi connectivity index (χ0) is 37.3. The van der Waals surface area contributed by atoms with Crippen molar-refractivity contribution in [1.82, 2.24) is 25.3 Å². The number of likely N-dealkylation sites (tertiary alicyclic amines) is 1. The first-order chi connectivity index (χ1) is 26.4. The number of carbonyl (C=O) groups excluding carboxylic acids is 3. The van der Waals surface area contributed by atoms with Gasteiger partial charge in [0.25, 0.3) is 0 Å². The summed E-state index contributed by atoms with van der Waals surface area (Å²) >= 11 is 1.57. The average Bonchev–Trinajstić information content (AvgIpc) is 3.88. The van der Waals surface area contributed by atoms with Crippen molar-refractivity contribution in [2.45, 2.75) is 82.6 Å². The summed E-state index contributed by atoms with van der Waals surface area (Å²) in [7, 11) is 0. The fourth-order valence-corrected chi connectivity index (χ4v) is 9.29. The van der Waals surface area contributed by atoms with Crippen LogP contribution in [-0.2, 0) is 22.7 Å². The van der Waals surface area contributed by atoms with Crippen molar-refractivity contribution in [2.24, 2.45) is 11.1 Å². The smallest absolute Gasteiger partial charge is 0.410 e. The third-order valence-electron chi connectivity index (χ3n) is 11.7. The first kappa shape index (κ1) is 38.0. The molecule has 4 N–H and O–H groups in total. The van der Waals surface area contributed by atoms with Crippen LogP contribution in [0.15, 0.2) is 90.3 Å². The van der Waals surface area contributed by atoms with Gasteiger partial charge in [-0.15, -0.1) is 11.3 Å². The minimum atomic E-state index is -0.853. The number of rotatable bonds is 13. The lowest BCUT2D eigenvalue weighted by atomic mass is 9.72. The van der Waals surface area contributed by atoms with Crippen molar-refractivity contribution in [1.29, 1.82) is 0 Å². The Morgan fingerprint density at radius 3 is 2.48 bits per heavy atom. The maximum absolute atomic E-state index is 14.6. The van der Waals surface area contributed by atoms with Crippen molar-refractivity contribution in [2.75, 3.05) is 39.3 Å². The number of carbonyl (C=O) groups is 3. The molecule has 1 aliphatic carbocycles. The zero-order valence-electron chi connectivity index (χ0n) is 31.2. The molecule has 3 aromatic carbocycles. The van der Waals surface area contributed by atoms with Gasteiger partial charge in [0.2, 0.25) is 11.8 Å². The number of unbranched alkanes of at least 4 members (excludes halogenated alkanes) is 1. The van der Waals surface area contributed by atoms with Gasteiger partial charge in [-0.3, -0.25) is 14.5 Å². The number of piperazine rings is 1. The Balaban J connectivity index is 1.02. The summed E-state index contributed by atoms with van der Waals surface area (Å²) in [5.41, 5.74) is 7.60. The maximum Gasteiger partial charge on any atom is 0.415 e. The minimum absolute atomic E-state index is 0.0482. The molecule has 11 heteroatoms. The molecule has 3 aliphatic rings. The Bertz CT molecular complexity index is 1840. The van der Waals surface area contributed by atoms with Gasteiger partial charge in [-0.1, -0.05) is 79.2 Å². The van der Waals surface area contributed by atoms with Gasteiger partial charge in [0.1, 0.15) is 11.8 Å². The molecular weight excluding hydrogens is 697 g/mol. The van der Waals surface area contributed by atoms with Gasteiger partial charge in [-0.2, -0.15) is 0 Å². The predicted octanol–water partition coefficient (Wildman–Crippen LogP) is 6.15. The van der Waals surface area contributed by atoms with Crippen molar-refractivity contribution >= 4 is 40.0 Å². The second kappa shape index (κ2) is 17.9. The van der Waals surface area contributed by atoms with E-state index >= 15 is 0 Å². The molecular formula is C43H54N6O4S. The molecule has 0 bridgehead atoms. The molecule has 0 unspecified atom stereocenters. The van der Waals surface area contributed by atoms with E-state index in [2.05, 4.69) is 45.9 Å². The number of thiophene rings is 1. The first-order valence-electron chi connectivity index (χ1n) is 19.7. The summed E-state index contributed by atoms with van der Waals surface area (Å²) < 4.78 is 5.93. The van der Waals surface area contributed by atoms with E-state index in [0.29, 0.717) is 30.7 Å². The van der Waals surface area contributed by atoms with Crippen LogP contribution in [0.4, 0.5) is 4.79 Å². The van der Waals surface area contributed by atoms with Crippen molar-refractivity contribution in [3.63, 3.8) is 0 Å². The van der Waals surface area contributed by atoms with Crippen LogP contribution in [0.2, 0.25) is 0 Å². The molecule has 3 fully saturated rings. The van der Waals surface area contributed by atoms with E-state index in [1.165, 1.54) is 12.0 Å². The summed E-state index contributed by atoms with van der Waals surface area (Å²) in [6.45, 7) is 4.74. The Labute approximate surface area is 323 Å². The molecule has 1 aromatic heterocycles. The predicted molar refractivity (Wildman–Crippen MR) is 214 cm³/mol. The third kappa shape index (κ3) is 9.32. The molecule has 1 saturated carbocycles. The van der Waals surface area contributed by atoms with E-state index in [4.69, 9.17) is 10.5 Å². The number of hydrogen-bond donors (Lipinski definition) is 3. The maximum atomic E-state index is 14.6. The molecule has 3 amide bonds. The standard InChI is InChI=1S/C43H54N6O4S/c44-23-7-6-16-37(46-34-18-20-43(21-19-34)22-24-47(31-43)29-32-10-2-1-3-11-32)41(51)49-26-25-48(30-38(49)40(50)45-28-35-14-9-27-54-35)42(52)53-39-17-8-13-33-12-4-5-15-36(33)39/h1-5,8-15,17,27,34,37-38,46H,6-7,16,18-26,28-31,44H2,(H,45,50)/t34?,37-,38+,43?/m1/s1. The molecule has 286 valence electrons. The highest BCUT2D eigenvalue weighted by Crippen LogP contribution is 2.44. The number of hydrogen-bond acceptors (Lipinski definition) is 8.